The van der Waals surface area contributed by atoms with E-state index in [1.165, 1.54) is 25.7 Å². The summed E-state index contributed by atoms with van der Waals surface area (Å²) in [5, 5.41) is 0. The quantitative estimate of drug-likeness (QED) is 0.515. The van der Waals surface area contributed by atoms with Crippen LogP contribution in [0.4, 0.5) is 0 Å². The molecule has 0 aromatic rings. The Morgan fingerprint density at radius 2 is 1.76 bits per heavy atom. The minimum absolute atomic E-state index is 0. The third-order valence-electron chi connectivity index (χ3n) is 9.42. The number of ketones is 1. The van der Waals surface area contributed by atoms with Crippen molar-refractivity contribution < 1.29 is 9.53 Å². The second-order valence-electron chi connectivity index (χ2n) is 10.4. The van der Waals surface area contributed by atoms with Crippen LogP contribution in [0.2, 0.25) is 0 Å². The number of fused-ring (bicyclic) bond motifs is 5. The number of carbonyl (C=O) groups is 1. The Kier molecular flexibility index (Phi) is 7.23. The molecular weight excluding hydrogens is 382 g/mol. The molecule has 0 bridgehead atoms. The summed E-state index contributed by atoms with van der Waals surface area (Å²) in [4.78, 5) is 15.0. The summed E-state index contributed by atoms with van der Waals surface area (Å²) in [6.45, 7) is 13.4. The van der Waals surface area contributed by atoms with Gasteiger partial charge in [-0.3, -0.25) is 4.79 Å². The number of allylic oxidation sites excluding steroid dienone is 1. The highest BCUT2D eigenvalue weighted by molar-refractivity contribution is 5.87. The first kappa shape index (κ1) is 23.3. The third kappa shape index (κ3) is 3.96. The highest BCUT2D eigenvalue weighted by Crippen LogP contribution is 2.64. The van der Waals surface area contributed by atoms with E-state index in [2.05, 4.69) is 38.7 Å². The van der Waals surface area contributed by atoms with E-state index in [0.29, 0.717) is 23.2 Å². The zero-order valence-electron chi connectivity index (χ0n) is 19.0. The second kappa shape index (κ2) is 9.01. The van der Waals surface area contributed by atoms with Crippen molar-refractivity contribution in [3.8, 4) is 0 Å². The molecular formula is C25H42ClNO2. The van der Waals surface area contributed by atoms with E-state index in [0.717, 1.165) is 63.8 Å². The minimum atomic E-state index is -0.00634. The Morgan fingerprint density at radius 1 is 1.07 bits per heavy atom. The van der Waals surface area contributed by atoms with Gasteiger partial charge in [0.05, 0.1) is 12.7 Å². The van der Waals surface area contributed by atoms with E-state index in [-0.39, 0.29) is 17.8 Å². The Morgan fingerprint density at radius 3 is 2.48 bits per heavy atom. The fraction of sp³-hybridized carbons (Fsp3) is 0.880. The predicted molar refractivity (Wildman–Crippen MR) is 121 cm³/mol. The molecule has 3 saturated carbocycles. The molecule has 3 nitrogen and oxygen atoms in total. The highest BCUT2D eigenvalue weighted by Gasteiger charge is 2.58. The van der Waals surface area contributed by atoms with Gasteiger partial charge in [-0.1, -0.05) is 39.3 Å². The number of hydrogen-bond acceptors (Lipinski definition) is 3. The first-order valence-electron chi connectivity index (χ1n) is 12.0. The maximum atomic E-state index is 12.6. The lowest BCUT2D eigenvalue weighted by molar-refractivity contribution is -0.132. The number of carbonyl (C=O) groups excluding carboxylic acids is 1. The number of rotatable bonds is 6. The van der Waals surface area contributed by atoms with E-state index >= 15 is 0 Å². The summed E-state index contributed by atoms with van der Waals surface area (Å²) < 4.78 is 6.32. The molecule has 3 fully saturated rings. The Balaban J connectivity index is 0.00000240. The van der Waals surface area contributed by atoms with E-state index in [1.807, 2.05) is 0 Å². The molecule has 0 amide bonds. The van der Waals surface area contributed by atoms with E-state index in [9.17, 15) is 4.79 Å². The van der Waals surface area contributed by atoms with Gasteiger partial charge in [0, 0.05) is 18.4 Å². The molecule has 0 aromatic heterocycles. The number of likely N-dealkylation sites (N-methyl/N-ethyl adjacent to an activating group) is 1. The maximum Gasteiger partial charge on any atom is 0.139 e. The van der Waals surface area contributed by atoms with Crippen LogP contribution in [0.15, 0.2) is 11.6 Å². The van der Waals surface area contributed by atoms with Crippen molar-refractivity contribution in [1.29, 1.82) is 0 Å². The van der Waals surface area contributed by atoms with Crippen LogP contribution in [0.5, 0.6) is 0 Å². The van der Waals surface area contributed by atoms with Crippen LogP contribution in [0, 0.1) is 28.6 Å². The number of halogens is 1. The molecule has 6 unspecified atom stereocenters. The number of Topliss-reactive ketones (excluding diaryl/α,β-unsaturated/α-hetero) is 1. The normalized spacial score (nSPS) is 41.3. The lowest BCUT2D eigenvalue weighted by Gasteiger charge is -2.57. The zero-order chi connectivity index (χ0) is 19.9. The molecule has 29 heavy (non-hydrogen) atoms. The highest BCUT2D eigenvalue weighted by atomic mass is 35.5. The molecule has 166 valence electrons. The monoisotopic (exact) mass is 423 g/mol. The molecule has 6 atom stereocenters. The molecule has 0 heterocycles. The molecule has 4 rings (SSSR count). The molecule has 0 spiro atoms. The van der Waals surface area contributed by atoms with E-state index in [4.69, 9.17) is 4.74 Å². The van der Waals surface area contributed by atoms with Crippen molar-refractivity contribution in [3.63, 3.8) is 0 Å². The minimum Gasteiger partial charge on any atom is -0.377 e. The van der Waals surface area contributed by atoms with Crippen LogP contribution in [0.1, 0.15) is 79.1 Å². The second-order valence-corrected chi connectivity index (χ2v) is 10.4. The summed E-state index contributed by atoms with van der Waals surface area (Å²) in [6.07, 6.45) is 12.2. The summed E-state index contributed by atoms with van der Waals surface area (Å²) in [6, 6.07) is 0. The summed E-state index contributed by atoms with van der Waals surface area (Å²) in [7, 11) is 0. The average Bonchev–Trinajstić information content (AvgIpc) is 3.00. The Hall–Kier alpha value is -0.380. The van der Waals surface area contributed by atoms with Gasteiger partial charge in [-0.05, 0) is 81.2 Å². The van der Waals surface area contributed by atoms with Crippen LogP contribution in [-0.2, 0) is 9.53 Å². The van der Waals surface area contributed by atoms with Gasteiger partial charge in [-0.15, -0.1) is 12.4 Å². The lowest BCUT2D eigenvalue weighted by atomic mass is 9.48. The third-order valence-corrected chi connectivity index (χ3v) is 9.42. The Labute approximate surface area is 184 Å². The molecule has 4 aliphatic rings. The van der Waals surface area contributed by atoms with E-state index < -0.39 is 0 Å². The molecule has 0 aromatic carbocycles. The van der Waals surface area contributed by atoms with Gasteiger partial charge < -0.3 is 9.64 Å². The molecule has 0 radical (unpaired) electrons. The van der Waals surface area contributed by atoms with Crippen LogP contribution >= 0.6 is 12.4 Å². The number of nitrogens with zero attached hydrogens (tertiary/aromatic N) is 1. The van der Waals surface area contributed by atoms with Crippen LogP contribution in [0.3, 0.4) is 0 Å². The number of hydrogen-bond donors (Lipinski definition) is 0. The first-order chi connectivity index (χ1) is 13.4. The largest absolute Gasteiger partial charge is 0.377 e. The summed E-state index contributed by atoms with van der Waals surface area (Å²) in [5.41, 5.74) is 2.03. The fourth-order valence-corrected chi connectivity index (χ4v) is 7.43. The van der Waals surface area contributed by atoms with Gasteiger partial charge in [-0.25, -0.2) is 0 Å². The molecule has 4 heteroatoms. The van der Waals surface area contributed by atoms with Crippen molar-refractivity contribution in [2.45, 2.75) is 85.2 Å². The van der Waals surface area contributed by atoms with Gasteiger partial charge in [0.2, 0.25) is 0 Å². The smallest absolute Gasteiger partial charge is 0.139 e. The van der Waals surface area contributed by atoms with E-state index in [1.54, 1.807) is 5.57 Å². The Bertz CT molecular complexity index is 630. The molecule has 0 saturated heterocycles. The van der Waals surface area contributed by atoms with Crippen molar-refractivity contribution >= 4 is 18.2 Å². The van der Waals surface area contributed by atoms with Gasteiger partial charge in [0.25, 0.3) is 0 Å². The van der Waals surface area contributed by atoms with Gasteiger partial charge in [0.1, 0.15) is 5.78 Å². The summed E-state index contributed by atoms with van der Waals surface area (Å²) in [5.74, 6) is 2.71. The number of ether oxygens (including phenoxy) is 1. The van der Waals surface area contributed by atoms with Crippen molar-refractivity contribution in [2.24, 2.45) is 28.6 Å². The SMILES string of the molecule is CCN(CC)CCOC1CCC2(C)C(=CCC3C4CCC(=O)C4(C)CCC32)C1.Cl. The zero-order valence-corrected chi connectivity index (χ0v) is 19.9. The topological polar surface area (TPSA) is 29.5 Å². The summed E-state index contributed by atoms with van der Waals surface area (Å²) >= 11 is 0. The molecule has 0 aliphatic heterocycles. The lowest BCUT2D eigenvalue weighted by Crippen LogP contribution is -2.50. The van der Waals surface area contributed by atoms with Crippen molar-refractivity contribution in [3.05, 3.63) is 11.6 Å². The molecule has 4 aliphatic carbocycles. The average molecular weight is 424 g/mol. The van der Waals surface area contributed by atoms with Crippen LogP contribution in [0.25, 0.3) is 0 Å². The standard InChI is InChI=1S/C25H41NO2.ClH/c1-5-26(6-2)15-16-28-19-11-13-24(3)18(17-19)7-8-20-21-9-10-23(27)25(21,4)14-12-22(20)24;/h7,19-22H,5-6,8-17H2,1-4H3;1H. The van der Waals surface area contributed by atoms with Crippen LogP contribution in [-0.4, -0.2) is 43.0 Å². The van der Waals surface area contributed by atoms with Gasteiger partial charge in [0.15, 0.2) is 0 Å². The van der Waals surface area contributed by atoms with Crippen LogP contribution < -0.4 is 0 Å². The molecule has 0 N–H and O–H groups in total. The fourth-order valence-electron chi connectivity index (χ4n) is 7.43. The maximum absolute atomic E-state index is 12.6. The van der Waals surface area contributed by atoms with Gasteiger partial charge >= 0.3 is 0 Å². The first-order valence-corrected chi connectivity index (χ1v) is 12.0. The van der Waals surface area contributed by atoms with Crippen molar-refractivity contribution in [1.82, 2.24) is 4.90 Å². The van der Waals surface area contributed by atoms with Gasteiger partial charge in [-0.2, -0.15) is 0 Å². The van der Waals surface area contributed by atoms with Crippen molar-refractivity contribution in [2.75, 3.05) is 26.2 Å². The predicted octanol–water partition coefficient (Wildman–Crippen LogP) is 5.67.